The molecule has 33 heavy (non-hydrogen) atoms. The van der Waals surface area contributed by atoms with Crippen LogP contribution in [0.15, 0.2) is 72.8 Å². The van der Waals surface area contributed by atoms with E-state index in [1.165, 1.54) is 13.2 Å². The molecule has 0 spiro atoms. The Morgan fingerprint density at radius 3 is 2.42 bits per heavy atom. The Morgan fingerprint density at radius 2 is 1.79 bits per heavy atom. The smallest absolute Gasteiger partial charge is 0.311 e. The third-order valence-corrected chi connectivity index (χ3v) is 6.32. The van der Waals surface area contributed by atoms with Gasteiger partial charge in [-0.1, -0.05) is 48.0 Å². The van der Waals surface area contributed by atoms with Crippen molar-refractivity contribution in [2.75, 3.05) is 7.11 Å². The molecule has 3 aromatic rings. The van der Waals surface area contributed by atoms with E-state index in [1.54, 1.807) is 48.5 Å². The van der Waals surface area contributed by atoms with Crippen molar-refractivity contribution < 1.29 is 23.8 Å². The number of hydrogen-bond acceptors (Lipinski definition) is 4. The molecule has 0 saturated heterocycles. The fraction of sp³-hybridized carbons (Fsp3) is 0.296. The molecule has 4 nitrogen and oxygen atoms in total. The standard InChI is InChI=1S/C27H26ClFO4/c1-32-27(31)26(25(18-8-9-18)19-10-12-20(28)13-11-19)23(30)15-17-7-14-22(29)24(16-17)33-21-5-3-2-4-6-21/h2-7,10-14,16,18,23,25-26,30H,8-9,15H2,1H3/t23?,25-,26?/m0/s1. The second kappa shape index (κ2) is 10.4. The maximum Gasteiger partial charge on any atom is 0.311 e. The first-order valence-electron chi connectivity index (χ1n) is 11.0. The molecule has 3 aromatic carbocycles. The minimum absolute atomic E-state index is 0.0666. The van der Waals surface area contributed by atoms with E-state index in [4.69, 9.17) is 21.1 Å². The minimum Gasteiger partial charge on any atom is -0.469 e. The Kier molecular flexibility index (Phi) is 7.31. The quantitative estimate of drug-likeness (QED) is 0.382. The maximum atomic E-state index is 14.4. The van der Waals surface area contributed by atoms with Crippen molar-refractivity contribution in [3.8, 4) is 11.5 Å². The van der Waals surface area contributed by atoms with Gasteiger partial charge in [-0.2, -0.15) is 0 Å². The number of methoxy groups -OCH3 is 1. The van der Waals surface area contributed by atoms with Crippen LogP contribution in [0, 0.1) is 17.7 Å². The van der Waals surface area contributed by atoms with Crippen molar-refractivity contribution in [3.05, 3.63) is 94.8 Å². The highest BCUT2D eigenvalue weighted by Gasteiger charge is 2.44. The van der Waals surface area contributed by atoms with Gasteiger partial charge < -0.3 is 14.6 Å². The van der Waals surface area contributed by atoms with Crippen LogP contribution in [0.4, 0.5) is 4.39 Å². The Bertz CT molecular complexity index is 1080. The molecule has 0 bridgehead atoms. The van der Waals surface area contributed by atoms with Crippen LogP contribution in [0.2, 0.25) is 5.02 Å². The molecule has 172 valence electrons. The van der Waals surface area contributed by atoms with E-state index in [9.17, 15) is 14.3 Å². The van der Waals surface area contributed by atoms with Gasteiger partial charge in [-0.25, -0.2) is 4.39 Å². The number of halogens is 2. The molecule has 6 heteroatoms. The van der Waals surface area contributed by atoms with Crippen molar-refractivity contribution in [2.45, 2.75) is 31.3 Å². The van der Waals surface area contributed by atoms with Gasteiger partial charge in [-0.3, -0.25) is 4.79 Å². The summed E-state index contributed by atoms with van der Waals surface area (Å²) in [5.74, 6) is -1.04. The molecule has 3 atom stereocenters. The summed E-state index contributed by atoms with van der Waals surface area (Å²) in [6, 6.07) is 20.8. The maximum absolute atomic E-state index is 14.4. The molecule has 1 fully saturated rings. The molecule has 1 aliphatic rings. The van der Waals surface area contributed by atoms with Crippen LogP contribution >= 0.6 is 11.6 Å². The SMILES string of the molecule is COC(=O)C(C(O)Cc1ccc(F)c(Oc2ccccc2)c1)[C@H](c1ccc(Cl)cc1)C1CC1. The molecular formula is C27H26ClFO4. The topological polar surface area (TPSA) is 55.8 Å². The molecule has 0 amide bonds. The average molecular weight is 469 g/mol. The Balaban J connectivity index is 1.58. The number of aliphatic hydroxyl groups is 1. The molecule has 4 rings (SSSR count). The van der Waals surface area contributed by atoms with Gasteiger partial charge in [-0.05, 0) is 72.7 Å². The molecular weight excluding hydrogens is 443 g/mol. The summed E-state index contributed by atoms with van der Waals surface area (Å²) in [6.45, 7) is 0. The molecule has 0 radical (unpaired) electrons. The van der Waals surface area contributed by atoms with Crippen LogP contribution in [-0.4, -0.2) is 24.3 Å². The van der Waals surface area contributed by atoms with Crippen LogP contribution in [0.1, 0.15) is 29.9 Å². The highest BCUT2D eigenvalue weighted by Crippen LogP contribution is 2.48. The summed E-state index contributed by atoms with van der Waals surface area (Å²) in [6.07, 6.45) is 1.11. The predicted molar refractivity (Wildman–Crippen MR) is 125 cm³/mol. The number of rotatable bonds is 9. The minimum atomic E-state index is -1.02. The second-order valence-electron chi connectivity index (χ2n) is 8.42. The van der Waals surface area contributed by atoms with Gasteiger partial charge in [0.1, 0.15) is 5.75 Å². The van der Waals surface area contributed by atoms with E-state index >= 15 is 0 Å². The number of hydrogen-bond donors (Lipinski definition) is 1. The summed E-state index contributed by atoms with van der Waals surface area (Å²) in [4.78, 5) is 12.8. The van der Waals surface area contributed by atoms with Crippen LogP contribution in [0.5, 0.6) is 11.5 Å². The van der Waals surface area contributed by atoms with Crippen LogP contribution in [-0.2, 0) is 16.0 Å². The van der Waals surface area contributed by atoms with E-state index in [1.807, 2.05) is 18.2 Å². The van der Waals surface area contributed by atoms with E-state index in [0.717, 1.165) is 18.4 Å². The van der Waals surface area contributed by atoms with E-state index in [2.05, 4.69) is 0 Å². The summed E-state index contributed by atoms with van der Waals surface area (Å²) in [5, 5.41) is 11.8. The molecule has 0 aliphatic heterocycles. The lowest BCUT2D eigenvalue weighted by Crippen LogP contribution is -2.37. The van der Waals surface area contributed by atoms with E-state index in [-0.39, 0.29) is 24.0 Å². The molecule has 2 unspecified atom stereocenters. The monoisotopic (exact) mass is 468 g/mol. The van der Waals surface area contributed by atoms with Gasteiger partial charge in [0.2, 0.25) is 0 Å². The van der Waals surface area contributed by atoms with Gasteiger partial charge in [0.25, 0.3) is 0 Å². The zero-order chi connectivity index (χ0) is 23.4. The number of carbonyl (C=O) groups is 1. The van der Waals surface area contributed by atoms with E-state index < -0.39 is 23.8 Å². The Hall–Kier alpha value is -2.89. The summed E-state index contributed by atoms with van der Waals surface area (Å²) in [5.41, 5.74) is 1.61. The number of benzene rings is 3. The van der Waals surface area contributed by atoms with Crippen LogP contribution in [0.25, 0.3) is 0 Å². The number of esters is 1. The Morgan fingerprint density at radius 1 is 1.09 bits per heavy atom. The van der Waals surface area contributed by atoms with Gasteiger partial charge >= 0.3 is 5.97 Å². The van der Waals surface area contributed by atoms with Gasteiger partial charge in [0, 0.05) is 10.9 Å². The lowest BCUT2D eigenvalue weighted by molar-refractivity contribution is -0.151. The molecule has 1 N–H and O–H groups in total. The van der Waals surface area contributed by atoms with Crippen molar-refractivity contribution >= 4 is 17.6 Å². The fourth-order valence-corrected chi connectivity index (χ4v) is 4.46. The van der Waals surface area contributed by atoms with Crippen molar-refractivity contribution in [1.82, 2.24) is 0 Å². The zero-order valence-electron chi connectivity index (χ0n) is 18.3. The second-order valence-corrected chi connectivity index (χ2v) is 8.85. The third kappa shape index (κ3) is 5.73. The van der Waals surface area contributed by atoms with Crippen molar-refractivity contribution in [2.24, 2.45) is 11.8 Å². The molecule has 1 aliphatic carbocycles. The Labute approximate surface area is 197 Å². The summed E-state index contributed by atoms with van der Waals surface area (Å²) < 4.78 is 25.1. The van der Waals surface area contributed by atoms with Gasteiger partial charge in [0.15, 0.2) is 11.6 Å². The van der Waals surface area contributed by atoms with Crippen molar-refractivity contribution in [3.63, 3.8) is 0 Å². The predicted octanol–water partition coefficient (Wildman–Crippen LogP) is 6.16. The number of ether oxygens (including phenoxy) is 2. The lowest BCUT2D eigenvalue weighted by atomic mass is 9.77. The van der Waals surface area contributed by atoms with Crippen LogP contribution in [0.3, 0.4) is 0 Å². The van der Waals surface area contributed by atoms with Gasteiger partial charge in [0.05, 0.1) is 19.1 Å². The fourth-order valence-electron chi connectivity index (χ4n) is 4.33. The molecule has 0 heterocycles. The summed E-state index contributed by atoms with van der Waals surface area (Å²) >= 11 is 6.05. The lowest BCUT2D eigenvalue weighted by Gasteiger charge is -2.30. The summed E-state index contributed by atoms with van der Waals surface area (Å²) in [7, 11) is 1.33. The van der Waals surface area contributed by atoms with Gasteiger partial charge in [-0.15, -0.1) is 0 Å². The normalized spacial score (nSPS) is 16.0. The third-order valence-electron chi connectivity index (χ3n) is 6.07. The highest BCUT2D eigenvalue weighted by molar-refractivity contribution is 6.30. The molecule has 0 aromatic heterocycles. The first-order valence-corrected chi connectivity index (χ1v) is 11.4. The molecule has 1 saturated carbocycles. The number of aliphatic hydroxyl groups excluding tert-OH is 1. The van der Waals surface area contributed by atoms with Crippen LogP contribution < -0.4 is 4.74 Å². The first kappa shape index (κ1) is 23.3. The largest absolute Gasteiger partial charge is 0.469 e. The van der Waals surface area contributed by atoms with E-state index in [0.29, 0.717) is 16.3 Å². The zero-order valence-corrected chi connectivity index (χ0v) is 19.0. The average Bonchev–Trinajstić information content (AvgIpc) is 3.65. The first-order chi connectivity index (χ1) is 16.0. The van der Waals surface area contributed by atoms with Crippen molar-refractivity contribution in [1.29, 1.82) is 0 Å². The highest BCUT2D eigenvalue weighted by atomic mass is 35.5. The number of para-hydroxylation sites is 1. The number of carbonyl (C=O) groups excluding carboxylic acids is 1.